The van der Waals surface area contributed by atoms with E-state index in [0.29, 0.717) is 28.3 Å². The fourth-order valence-corrected chi connectivity index (χ4v) is 3.86. The number of carbonyl (C=O) groups excluding carboxylic acids is 2. The van der Waals surface area contributed by atoms with E-state index < -0.39 is 6.03 Å². The van der Waals surface area contributed by atoms with Crippen molar-refractivity contribution in [2.75, 3.05) is 11.4 Å². The molecule has 0 aliphatic carbocycles. The number of anilines is 1. The van der Waals surface area contributed by atoms with Gasteiger partial charge in [0.1, 0.15) is 13.1 Å². The van der Waals surface area contributed by atoms with Gasteiger partial charge >= 0.3 is 6.03 Å². The highest BCUT2D eigenvalue weighted by atomic mass is 35.5. The fourth-order valence-electron chi connectivity index (χ4n) is 2.75. The van der Waals surface area contributed by atoms with Crippen LogP contribution in [0.1, 0.15) is 22.3 Å². The van der Waals surface area contributed by atoms with E-state index >= 15 is 0 Å². The highest BCUT2D eigenvalue weighted by Crippen LogP contribution is 2.27. The van der Waals surface area contributed by atoms with Gasteiger partial charge in [0, 0.05) is 11.8 Å². The number of rotatable bonds is 5. The first-order valence-corrected chi connectivity index (χ1v) is 9.17. The summed E-state index contributed by atoms with van der Waals surface area (Å²) in [6.07, 6.45) is 0. The summed E-state index contributed by atoms with van der Waals surface area (Å²) in [6, 6.07) is 3.16. The van der Waals surface area contributed by atoms with Crippen molar-refractivity contribution < 1.29 is 14.1 Å². The lowest BCUT2D eigenvalue weighted by atomic mass is 10.4. The van der Waals surface area contributed by atoms with Gasteiger partial charge in [0.15, 0.2) is 11.6 Å². The molecule has 0 radical (unpaired) electrons. The second-order valence-electron chi connectivity index (χ2n) is 5.96. The van der Waals surface area contributed by atoms with Crippen molar-refractivity contribution >= 4 is 40.7 Å². The molecule has 3 aromatic heterocycles. The maximum absolute atomic E-state index is 12.7. The van der Waals surface area contributed by atoms with Gasteiger partial charge in [-0.2, -0.15) is 4.98 Å². The minimum atomic E-state index is -0.435. The molecular weight excluding hydrogens is 394 g/mol. The van der Waals surface area contributed by atoms with Gasteiger partial charge in [0.05, 0.1) is 16.6 Å². The van der Waals surface area contributed by atoms with Gasteiger partial charge in [-0.25, -0.2) is 14.4 Å². The van der Waals surface area contributed by atoms with Crippen molar-refractivity contribution in [2.45, 2.75) is 26.9 Å². The second-order valence-corrected chi connectivity index (χ2v) is 7.76. The van der Waals surface area contributed by atoms with Gasteiger partial charge in [-0.15, -0.1) is 16.4 Å². The SMILES string of the molecule is Cc1nc(Cn2nnc(N3C(=O)CN(Cc4ccc(Cl)s4)C3=O)c2C)no1. The van der Waals surface area contributed by atoms with Crippen molar-refractivity contribution in [1.29, 1.82) is 0 Å². The molecule has 0 aromatic carbocycles. The Morgan fingerprint density at radius 1 is 1.26 bits per heavy atom. The average molecular weight is 408 g/mol. The Balaban J connectivity index is 1.54. The smallest absolute Gasteiger partial charge is 0.333 e. The van der Waals surface area contributed by atoms with Crippen LogP contribution in [0.15, 0.2) is 16.7 Å². The largest absolute Gasteiger partial charge is 0.340 e. The highest BCUT2D eigenvalue weighted by Gasteiger charge is 2.40. The van der Waals surface area contributed by atoms with E-state index in [2.05, 4.69) is 20.5 Å². The lowest BCUT2D eigenvalue weighted by molar-refractivity contribution is -0.116. The molecule has 0 bridgehead atoms. The van der Waals surface area contributed by atoms with Gasteiger partial charge in [0.2, 0.25) is 5.89 Å². The van der Waals surface area contributed by atoms with Crippen LogP contribution >= 0.6 is 22.9 Å². The maximum atomic E-state index is 12.7. The van der Waals surface area contributed by atoms with Gasteiger partial charge in [-0.3, -0.25) is 4.79 Å². The fraction of sp³-hybridized carbons (Fsp3) is 0.333. The monoisotopic (exact) mass is 407 g/mol. The Morgan fingerprint density at radius 3 is 2.74 bits per heavy atom. The number of thiophene rings is 1. The molecule has 3 amide bonds. The number of aryl methyl sites for hydroxylation is 1. The van der Waals surface area contributed by atoms with Crippen LogP contribution in [0.5, 0.6) is 0 Å². The van der Waals surface area contributed by atoms with E-state index in [-0.39, 0.29) is 24.8 Å². The molecule has 1 fully saturated rings. The zero-order chi connectivity index (χ0) is 19.1. The summed E-state index contributed by atoms with van der Waals surface area (Å²) in [5.74, 6) is 0.727. The van der Waals surface area contributed by atoms with Crippen LogP contribution in [0.4, 0.5) is 10.6 Å². The van der Waals surface area contributed by atoms with Crippen LogP contribution in [-0.4, -0.2) is 48.5 Å². The molecule has 4 heterocycles. The first kappa shape index (κ1) is 17.6. The molecule has 0 saturated carbocycles. The molecule has 3 aromatic rings. The van der Waals surface area contributed by atoms with Crippen LogP contribution in [0, 0.1) is 13.8 Å². The maximum Gasteiger partial charge on any atom is 0.333 e. The van der Waals surface area contributed by atoms with Crippen molar-refractivity contribution in [3.05, 3.63) is 38.8 Å². The summed E-state index contributed by atoms with van der Waals surface area (Å²) >= 11 is 7.30. The molecule has 12 heteroatoms. The van der Waals surface area contributed by atoms with Gasteiger partial charge < -0.3 is 9.42 Å². The van der Waals surface area contributed by atoms with E-state index in [0.717, 1.165) is 9.78 Å². The summed E-state index contributed by atoms with van der Waals surface area (Å²) < 4.78 is 7.08. The number of halogens is 1. The Labute approximate surface area is 162 Å². The van der Waals surface area contributed by atoms with Crippen LogP contribution < -0.4 is 4.90 Å². The number of aromatic nitrogens is 5. The minimum absolute atomic E-state index is 0.0231. The molecule has 1 aliphatic rings. The molecule has 140 valence electrons. The molecule has 1 aliphatic heterocycles. The second kappa shape index (κ2) is 6.74. The van der Waals surface area contributed by atoms with Gasteiger partial charge in [-0.05, 0) is 19.1 Å². The third kappa shape index (κ3) is 3.30. The summed E-state index contributed by atoms with van der Waals surface area (Å²) in [6.45, 7) is 3.93. The van der Waals surface area contributed by atoms with Gasteiger partial charge in [-0.1, -0.05) is 22.0 Å². The van der Waals surface area contributed by atoms with E-state index in [4.69, 9.17) is 16.1 Å². The predicted octanol–water partition coefficient (Wildman–Crippen LogP) is 2.01. The van der Waals surface area contributed by atoms with E-state index in [1.807, 2.05) is 6.07 Å². The summed E-state index contributed by atoms with van der Waals surface area (Å²) in [5, 5.41) is 11.8. The average Bonchev–Trinajstić information content (AvgIpc) is 3.35. The standard InChI is InChI=1S/C15H14ClN7O3S/c1-8-14(18-20-22(8)6-12-17-9(2)26-19-12)23-13(24)7-21(15(23)25)5-10-3-4-11(16)27-10/h3-4H,5-7H2,1-2H3. The van der Waals surface area contributed by atoms with Crippen LogP contribution in [0.3, 0.4) is 0 Å². The summed E-state index contributed by atoms with van der Waals surface area (Å²) in [4.78, 5) is 32.7. The Kier molecular flexibility index (Phi) is 4.40. The first-order valence-electron chi connectivity index (χ1n) is 7.97. The normalized spacial score (nSPS) is 14.6. The zero-order valence-electron chi connectivity index (χ0n) is 14.4. The third-order valence-corrected chi connectivity index (χ3v) is 5.26. The first-order chi connectivity index (χ1) is 12.9. The predicted molar refractivity (Wildman–Crippen MR) is 95.5 cm³/mol. The molecule has 0 spiro atoms. The summed E-state index contributed by atoms with van der Waals surface area (Å²) in [5.41, 5.74) is 0.556. The number of carbonyl (C=O) groups is 2. The van der Waals surface area contributed by atoms with Crippen LogP contribution in [0.25, 0.3) is 0 Å². The van der Waals surface area contributed by atoms with E-state index in [9.17, 15) is 9.59 Å². The third-order valence-electron chi connectivity index (χ3n) is 4.04. The summed E-state index contributed by atoms with van der Waals surface area (Å²) in [7, 11) is 0. The van der Waals surface area contributed by atoms with Crippen molar-refractivity contribution in [1.82, 2.24) is 30.0 Å². The molecule has 10 nitrogen and oxygen atoms in total. The van der Waals surface area contributed by atoms with Crippen molar-refractivity contribution in [2.24, 2.45) is 0 Å². The van der Waals surface area contributed by atoms with E-state index in [1.165, 1.54) is 20.9 Å². The van der Waals surface area contributed by atoms with Crippen LogP contribution in [0.2, 0.25) is 4.34 Å². The molecule has 0 atom stereocenters. The minimum Gasteiger partial charge on any atom is -0.340 e. The number of hydrogen-bond donors (Lipinski definition) is 0. The number of nitrogens with zero attached hydrogens (tertiary/aromatic N) is 7. The zero-order valence-corrected chi connectivity index (χ0v) is 16.0. The molecule has 1 saturated heterocycles. The van der Waals surface area contributed by atoms with Crippen molar-refractivity contribution in [3.8, 4) is 0 Å². The molecule has 27 heavy (non-hydrogen) atoms. The van der Waals surface area contributed by atoms with Crippen LogP contribution in [-0.2, 0) is 17.9 Å². The molecule has 0 N–H and O–H groups in total. The number of amides is 3. The quantitative estimate of drug-likeness (QED) is 0.595. The molecular formula is C15H14ClN7O3S. The molecule has 4 rings (SSSR count). The number of urea groups is 1. The molecule has 0 unspecified atom stereocenters. The Bertz CT molecular complexity index is 1030. The lowest BCUT2D eigenvalue weighted by Crippen LogP contribution is -2.33. The number of imide groups is 1. The Hall–Kier alpha value is -2.79. The van der Waals surface area contributed by atoms with E-state index in [1.54, 1.807) is 19.9 Å². The van der Waals surface area contributed by atoms with Crippen molar-refractivity contribution in [3.63, 3.8) is 0 Å². The topological polar surface area (TPSA) is 110 Å². The highest BCUT2D eigenvalue weighted by molar-refractivity contribution is 7.16. The Morgan fingerprint density at radius 2 is 2.07 bits per heavy atom. The lowest BCUT2D eigenvalue weighted by Gasteiger charge is -2.15. The van der Waals surface area contributed by atoms with Gasteiger partial charge in [0.25, 0.3) is 5.91 Å². The number of hydrogen-bond acceptors (Lipinski definition) is 8.